The molecule has 18 heavy (non-hydrogen) atoms. The number of nitrogens with one attached hydrogen (secondary N) is 2. The molecule has 3 N–H and O–H groups in total. The lowest BCUT2D eigenvalue weighted by Gasteiger charge is -2.15. The van der Waals surface area contributed by atoms with Crippen LogP contribution in [-0.2, 0) is 11.3 Å². The predicted molar refractivity (Wildman–Crippen MR) is 70.9 cm³/mol. The Bertz CT molecular complexity index is 429. The van der Waals surface area contributed by atoms with Crippen molar-refractivity contribution in [3.63, 3.8) is 0 Å². The van der Waals surface area contributed by atoms with Gasteiger partial charge in [0.15, 0.2) is 0 Å². The minimum absolute atomic E-state index is 0.0555. The first kappa shape index (κ1) is 14.7. The first-order valence-corrected chi connectivity index (χ1v) is 6.57. The molecular weight excluding hydrogens is 252 g/mol. The van der Waals surface area contributed by atoms with Crippen LogP contribution in [0.4, 0.5) is 0 Å². The number of hydrogen-bond donors (Lipinski definition) is 3. The summed E-state index contributed by atoms with van der Waals surface area (Å²) >= 11 is 1.21. The van der Waals surface area contributed by atoms with Gasteiger partial charge in [-0.05, 0) is 32.9 Å². The standard InChI is InChI=1S/C12H18N2O3S/c1-7(2)14-11(15)8(3)13-6-9-4-5-10(18-9)12(16)17/h4-5,7-8,13H,6H2,1-3H3,(H,14,15)(H,16,17). The minimum Gasteiger partial charge on any atom is -0.477 e. The van der Waals surface area contributed by atoms with Crippen molar-refractivity contribution in [2.24, 2.45) is 0 Å². The molecule has 5 nitrogen and oxygen atoms in total. The van der Waals surface area contributed by atoms with E-state index >= 15 is 0 Å². The summed E-state index contributed by atoms with van der Waals surface area (Å²) in [5.74, 6) is -0.975. The third kappa shape index (κ3) is 4.46. The van der Waals surface area contributed by atoms with Crippen molar-refractivity contribution >= 4 is 23.2 Å². The van der Waals surface area contributed by atoms with Crippen molar-refractivity contribution in [1.29, 1.82) is 0 Å². The van der Waals surface area contributed by atoms with Crippen LogP contribution in [0.1, 0.15) is 35.3 Å². The van der Waals surface area contributed by atoms with Crippen molar-refractivity contribution in [1.82, 2.24) is 10.6 Å². The van der Waals surface area contributed by atoms with Gasteiger partial charge in [0.05, 0.1) is 6.04 Å². The maximum absolute atomic E-state index is 11.6. The summed E-state index contributed by atoms with van der Waals surface area (Å²) in [7, 11) is 0. The average molecular weight is 270 g/mol. The monoisotopic (exact) mass is 270 g/mol. The summed E-state index contributed by atoms with van der Waals surface area (Å²) in [4.78, 5) is 23.5. The Morgan fingerprint density at radius 2 is 2.00 bits per heavy atom. The first-order chi connectivity index (χ1) is 8.40. The van der Waals surface area contributed by atoms with E-state index in [0.29, 0.717) is 11.4 Å². The summed E-state index contributed by atoms with van der Waals surface area (Å²) in [5.41, 5.74) is 0. The maximum atomic E-state index is 11.6. The number of carboxylic acids is 1. The fraction of sp³-hybridized carbons (Fsp3) is 0.500. The van der Waals surface area contributed by atoms with Gasteiger partial charge in [0.25, 0.3) is 0 Å². The molecule has 6 heteroatoms. The van der Waals surface area contributed by atoms with Crippen LogP contribution in [0.3, 0.4) is 0 Å². The van der Waals surface area contributed by atoms with Gasteiger partial charge in [-0.15, -0.1) is 11.3 Å². The highest BCUT2D eigenvalue weighted by Gasteiger charge is 2.13. The van der Waals surface area contributed by atoms with Crippen molar-refractivity contribution in [2.45, 2.75) is 39.4 Å². The number of amides is 1. The van der Waals surface area contributed by atoms with E-state index in [1.165, 1.54) is 11.3 Å². The van der Waals surface area contributed by atoms with Crippen molar-refractivity contribution in [3.8, 4) is 0 Å². The normalized spacial score (nSPS) is 12.4. The topological polar surface area (TPSA) is 78.4 Å². The van der Waals surface area contributed by atoms with Gasteiger partial charge < -0.3 is 15.7 Å². The molecule has 0 aliphatic carbocycles. The number of rotatable bonds is 6. The zero-order valence-electron chi connectivity index (χ0n) is 10.7. The molecule has 0 radical (unpaired) electrons. The van der Waals surface area contributed by atoms with E-state index in [4.69, 9.17) is 5.11 Å². The predicted octanol–water partition coefficient (Wildman–Crippen LogP) is 1.45. The summed E-state index contributed by atoms with van der Waals surface area (Å²) < 4.78 is 0. The number of carboxylic acid groups (broad SMARTS) is 1. The van der Waals surface area contributed by atoms with Crippen molar-refractivity contribution in [3.05, 3.63) is 21.9 Å². The highest BCUT2D eigenvalue weighted by Crippen LogP contribution is 2.16. The molecule has 0 aliphatic rings. The molecular formula is C12H18N2O3S. The average Bonchev–Trinajstić information content (AvgIpc) is 2.73. The Morgan fingerprint density at radius 3 is 2.50 bits per heavy atom. The van der Waals surface area contributed by atoms with E-state index in [-0.39, 0.29) is 18.0 Å². The van der Waals surface area contributed by atoms with Gasteiger partial charge in [-0.3, -0.25) is 4.79 Å². The SMILES string of the molecule is CC(C)NC(=O)C(C)NCc1ccc(C(=O)O)s1. The minimum atomic E-state index is -0.920. The fourth-order valence-electron chi connectivity index (χ4n) is 1.34. The van der Waals surface area contributed by atoms with Crippen LogP contribution in [0.5, 0.6) is 0 Å². The smallest absolute Gasteiger partial charge is 0.345 e. The summed E-state index contributed by atoms with van der Waals surface area (Å²) in [6.07, 6.45) is 0. The Kier molecular flexibility index (Phi) is 5.30. The number of hydrogen-bond acceptors (Lipinski definition) is 4. The molecule has 1 amide bonds. The molecule has 1 aromatic heterocycles. The van der Waals surface area contributed by atoms with Gasteiger partial charge in [0, 0.05) is 17.5 Å². The second kappa shape index (κ2) is 6.51. The molecule has 1 heterocycles. The van der Waals surface area contributed by atoms with E-state index in [9.17, 15) is 9.59 Å². The van der Waals surface area contributed by atoms with Gasteiger partial charge in [-0.2, -0.15) is 0 Å². The number of carbonyl (C=O) groups is 2. The second-order valence-electron chi connectivity index (χ2n) is 4.34. The van der Waals surface area contributed by atoms with Gasteiger partial charge >= 0.3 is 5.97 Å². The maximum Gasteiger partial charge on any atom is 0.345 e. The van der Waals surface area contributed by atoms with Crippen LogP contribution in [0, 0.1) is 0 Å². The zero-order chi connectivity index (χ0) is 13.7. The second-order valence-corrected chi connectivity index (χ2v) is 5.51. The van der Waals surface area contributed by atoms with Crippen LogP contribution in [0.15, 0.2) is 12.1 Å². The molecule has 1 rings (SSSR count). The Balaban J connectivity index is 2.44. The highest BCUT2D eigenvalue weighted by molar-refractivity contribution is 7.13. The summed E-state index contributed by atoms with van der Waals surface area (Å²) in [6.45, 7) is 6.08. The van der Waals surface area contributed by atoms with E-state index < -0.39 is 5.97 Å². The van der Waals surface area contributed by atoms with Crippen LogP contribution >= 0.6 is 11.3 Å². The molecule has 0 saturated carbocycles. The largest absolute Gasteiger partial charge is 0.477 e. The van der Waals surface area contributed by atoms with Crippen molar-refractivity contribution in [2.75, 3.05) is 0 Å². The highest BCUT2D eigenvalue weighted by atomic mass is 32.1. The Morgan fingerprint density at radius 1 is 1.33 bits per heavy atom. The molecule has 1 aromatic rings. The molecule has 0 aromatic carbocycles. The molecule has 0 bridgehead atoms. The van der Waals surface area contributed by atoms with Crippen molar-refractivity contribution < 1.29 is 14.7 Å². The van der Waals surface area contributed by atoms with Gasteiger partial charge in [-0.1, -0.05) is 0 Å². The van der Waals surface area contributed by atoms with E-state index in [1.807, 2.05) is 13.8 Å². The van der Waals surface area contributed by atoms with E-state index in [0.717, 1.165) is 4.88 Å². The number of thiophene rings is 1. The van der Waals surface area contributed by atoms with Gasteiger partial charge in [-0.25, -0.2) is 4.79 Å². The number of aromatic carboxylic acids is 1. The van der Waals surface area contributed by atoms with Gasteiger partial charge in [0.2, 0.25) is 5.91 Å². The molecule has 0 aliphatic heterocycles. The molecule has 0 fully saturated rings. The molecule has 100 valence electrons. The number of carbonyl (C=O) groups excluding carboxylic acids is 1. The van der Waals surface area contributed by atoms with Crippen LogP contribution in [0.25, 0.3) is 0 Å². The van der Waals surface area contributed by atoms with Crippen LogP contribution < -0.4 is 10.6 Å². The molecule has 0 spiro atoms. The lowest BCUT2D eigenvalue weighted by atomic mass is 10.2. The third-order valence-corrected chi connectivity index (χ3v) is 3.35. The lowest BCUT2D eigenvalue weighted by molar-refractivity contribution is -0.123. The van der Waals surface area contributed by atoms with Gasteiger partial charge in [0.1, 0.15) is 4.88 Å². The zero-order valence-corrected chi connectivity index (χ0v) is 11.5. The summed E-state index contributed by atoms with van der Waals surface area (Å²) in [5, 5.41) is 14.7. The Hall–Kier alpha value is -1.40. The van der Waals surface area contributed by atoms with E-state index in [1.54, 1.807) is 19.1 Å². The molecule has 0 saturated heterocycles. The first-order valence-electron chi connectivity index (χ1n) is 5.76. The Labute approximate surface area is 110 Å². The van der Waals surface area contributed by atoms with E-state index in [2.05, 4.69) is 10.6 Å². The third-order valence-electron chi connectivity index (χ3n) is 2.28. The fourth-order valence-corrected chi connectivity index (χ4v) is 2.14. The molecule has 1 atom stereocenters. The van der Waals surface area contributed by atoms with Crippen LogP contribution in [0.2, 0.25) is 0 Å². The lowest BCUT2D eigenvalue weighted by Crippen LogP contribution is -2.44. The van der Waals surface area contributed by atoms with Crippen LogP contribution in [-0.4, -0.2) is 29.1 Å². The summed E-state index contributed by atoms with van der Waals surface area (Å²) in [6, 6.07) is 3.14. The quantitative estimate of drug-likeness (QED) is 0.731. The molecule has 1 unspecified atom stereocenters.